The summed E-state index contributed by atoms with van der Waals surface area (Å²) in [6, 6.07) is 13.4. The fourth-order valence-corrected chi connectivity index (χ4v) is 1.51. The van der Waals surface area contributed by atoms with Crippen molar-refractivity contribution in [1.29, 1.82) is 0 Å². The molecule has 82 valence electrons. The van der Waals surface area contributed by atoms with E-state index in [2.05, 4.69) is 4.74 Å². The van der Waals surface area contributed by atoms with Crippen LogP contribution in [0.3, 0.4) is 0 Å². The third-order valence-corrected chi connectivity index (χ3v) is 2.21. The molecule has 2 aromatic rings. The van der Waals surface area contributed by atoms with Crippen molar-refractivity contribution < 1.29 is 14.3 Å². The molecule has 0 saturated heterocycles. The average Bonchev–Trinajstić information content (AvgIpc) is 2.29. The largest absolute Gasteiger partial charge is 0.425 e. The maximum atomic E-state index is 11.2. The Balaban J connectivity index is 2.22. The normalized spacial score (nSPS) is 10.3. The number of carbonyl (C=O) groups is 1. The van der Waals surface area contributed by atoms with E-state index in [-0.39, 0.29) is 6.61 Å². The first-order valence-electron chi connectivity index (χ1n) is 4.98. The van der Waals surface area contributed by atoms with Gasteiger partial charge in [0.15, 0.2) is 0 Å². The predicted octanol–water partition coefficient (Wildman–Crippen LogP) is 2.39. The molecule has 0 saturated carbocycles. The van der Waals surface area contributed by atoms with E-state index in [9.17, 15) is 4.79 Å². The van der Waals surface area contributed by atoms with Crippen molar-refractivity contribution in [3.05, 3.63) is 42.5 Å². The number of hydrogen-bond donors (Lipinski definition) is 0. The van der Waals surface area contributed by atoms with Gasteiger partial charge in [-0.05, 0) is 22.9 Å². The van der Waals surface area contributed by atoms with Crippen molar-refractivity contribution in [1.82, 2.24) is 0 Å². The van der Waals surface area contributed by atoms with E-state index in [1.54, 1.807) is 6.07 Å². The number of carbonyl (C=O) groups excluding carboxylic acids is 1. The van der Waals surface area contributed by atoms with E-state index in [1.165, 1.54) is 7.11 Å². The Morgan fingerprint density at radius 1 is 1.12 bits per heavy atom. The third kappa shape index (κ3) is 2.38. The van der Waals surface area contributed by atoms with Gasteiger partial charge in [-0.1, -0.05) is 30.3 Å². The molecule has 0 atom stereocenters. The number of benzene rings is 2. The van der Waals surface area contributed by atoms with Gasteiger partial charge in [0, 0.05) is 7.11 Å². The summed E-state index contributed by atoms with van der Waals surface area (Å²) < 4.78 is 9.79. The van der Waals surface area contributed by atoms with Crippen molar-refractivity contribution in [3.63, 3.8) is 0 Å². The van der Waals surface area contributed by atoms with Gasteiger partial charge in [-0.15, -0.1) is 0 Å². The molecular weight excluding hydrogens is 204 g/mol. The van der Waals surface area contributed by atoms with E-state index in [0.29, 0.717) is 5.75 Å². The van der Waals surface area contributed by atoms with Crippen LogP contribution >= 0.6 is 0 Å². The Kier molecular flexibility index (Phi) is 3.17. The zero-order chi connectivity index (χ0) is 11.4. The molecule has 3 heteroatoms. The average molecular weight is 216 g/mol. The van der Waals surface area contributed by atoms with Crippen LogP contribution in [0.1, 0.15) is 0 Å². The van der Waals surface area contributed by atoms with Gasteiger partial charge in [0.2, 0.25) is 0 Å². The number of fused-ring (bicyclic) bond motifs is 1. The van der Waals surface area contributed by atoms with E-state index >= 15 is 0 Å². The fraction of sp³-hybridized carbons (Fsp3) is 0.154. The third-order valence-electron chi connectivity index (χ3n) is 2.21. The van der Waals surface area contributed by atoms with Gasteiger partial charge in [-0.25, -0.2) is 4.79 Å². The molecule has 0 spiro atoms. The van der Waals surface area contributed by atoms with Crippen molar-refractivity contribution in [2.75, 3.05) is 13.7 Å². The molecule has 0 N–H and O–H groups in total. The van der Waals surface area contributed by atoms with Gasteiger partial charge in [0.05, 0.1) is 0 Å². The molecule has 3 nitrogen and oxygen atoms in total. The highest BCUT2D eigenvalue weighted by Gasteiger charge is 2.04. The second kappa shape index (κ2) is 4.77. The van der Waals surface area contributed by atoms with Crippen molar-refractivity contribution in [2.24, 2.45) is 0 Å². The smallest absolute Gasteiger partial charge is 0.337 e. The second-order valence-electron chi connectivity index (χ2n) is 3.42. The standard InChI is InChI=1S/C13H12O3/c1-15-9-13(14)16-12-7-6-10-4-2-3-5-11(10)8-12/h2-8H,9H2,1H3. The van der Waals surface area contributed by atoms with Crippen LogP contribution in [0.4, 0.5) is 0 Å². The minimum absolute atomic E-state index is 0.0349. The number of ether oxygens (including phenoxy) is 2. The molecule has 0 aliphatic carbocycles. The van der Waals surface area contributed by atoms with Crippen LogP contribution in [-0.4, -0.2) is 19.7 Å². The quantitative estimate of drug-likeness (QED) is 0.583. The van der Waals surface area contributed by atoms with Crippen molar-refractivity contribution in [3.8, 4) is 5.75 Å². The molecule has 0 unspecified atom stereocenters. The summed E-state index contributed by atoms with van der Waals surface area (Å²) in [5, 5.41) is 2.17. The highest BCUT2D eigenvalue weighted by molar-refractivity contribution is 5.84. The molecule has 0 amide bonds. The summed E-state index contributed by atoms with van der Waals surface area (Å²) in [6.45, 7) is -0.0349. The predicted molar refractivity (Wildman–Crippen MR) is 61.5 cm³/mol. The fourth-order valence-electron chi connectivity index (χ4n) is 1.51. The number of methoxy groups -OCH3 is 1. The topological polar surface area (TPSA) is 35.5 Å². The molecule has 0 aromatic heterocycles. The lowest BCUT2D eigenvalue weighted by Crippen LogP contribution is -2.13. The molecule has 0 heterocycles. The highest BCUT2D eigenvalue weighted by atomic mass is 16.6. The van der Waals surface area contributed by atoms with Crippen LogP contribution in [0, 0.1) is 0 Å². The van der Waals surface area contributed by atoms with Gasteiger partial charge in [-0.2, -0.15) is 0 Å². The molecule has 16 heavy (non-hydrogen) atoms. The van der Waals surface area contributed by atoms with E-state index in [4.69, 9.17) is 4.74 Å². The van der Waals surface area contributed by atoms with Crippen molar-refractivity contribution in [2.45, 2.75) is 0 Å². The lowest BCUT2D eigenvalue weighted by Gasteiger charge is -2.04. The summed E-state index contributed by atoms with van der Waals surface area (Å²) >= 11 is 0. The Labute approximate surface area is 93.6 Å². The summed E-state index contributed by atoms with van der Waals surface area (Å²) in [5.74, 6) is 0.151. The highest BCUT2D eigenvalue weighted by Crippen LogP contribution is 2.20. The Bertz CT molecular complexity index is 505. The first kappa shape index (κ1) is 10.6. The molecule has 0 bridgehead atoms. The Morgan fingerprint density at radius 3 is 2.62 bits per heavy atom. The van der Waals surface area contributed by atoms with Gasteiger partial charge < -0.3 is 9.47 Å². The molecule has 2 aromatic carbocycles. The molecule has 0 aliphatic rings. The zero-order valence-electron chi connectivity index (χ0n) is 8.97. The van der Waals surface area contributed by atoms with Gasteiger partial charge >= 0.3 is 5.97 Å². The number of esters is 1. The SMILES string of the molecule is COCC(=O)Oc1ccc2ccccc2c1. The van der Waals surface area contributed by atoms with E-state index < -0.39 is 5.97 Å². The monoisotopic (exact) mass is 216 g/mol. The lowest BCUT2D eigenvalue weighted by molar-refractivity contribution is -0.138. The minimum Gasteiger partial charge on any atom is -0.425 e. The van der Waals surface area contributed by atoms with Crippen LogP contribution in [0.15, 0.2) is 42.5 Å². The van der Waals surface area contributed by atoms with Crippen LogP contribution in [0.25, 0.3) is 10.8 Å². The molecule has 2 rings (SSSR count). The van der Waals surface area contributed by atoms with E-state index in [0.717, 1.165) is 10.8 Å². The lowest BCUT2D eigenvalue weighted by atomic mass is 10.1. The van der Waals surface area contributed by atoms with Crippen LogP contribution in [-0.2, 0) is 9.53 Å². The summed E-state index contributed by atoms with van der Waals surface area (Å²) in [7, 11) is 1.46. The second-order valence-corrected chi connectivity index (χ2v) is 3.42. The molecule has 0 aliphatic heterocycles. The zero-order valence-corrected chi connectivity index (χ0v) is 8.97. The first-order valence-corrected chi connectivity index (χ1v) is 4.98. The minimum atomic E-state index is -0.391. The Hall–Kier alpha value is -1.87. The van der Waals surface area contributed by atoms with Gasteiger partial charge in [0.25, 0.3) is 0 Å². The van der Waals surface area contributed by atoms with Crippen LogP contribution in [0.5, 0.6) is 5.75 Å². The maximum Gasteiger partial charge on any atom is 0.337 e. The first-order chi connectivity index (χ1) is 7.79. The number of rotatable bonds is 3. The summed E-state index contributed by atoms with van der Waals surface area (Å²) in [5.41, 5.74) is 0. The summed E-state index contributed by atoms with van der Waals surface area (Å²) in [6.07, 6.45) is 0. The Morgan fingerprint density at radius 2 is 1.88 bits per heavy atom. The molecule has 0 fully saturated rings. The number of hydrogen-bond acceptors (Lipinski definition) is 3. The van der Waals surface area contributed by atoms with Crippen LogP contribution in [0.2, 0.25) is 0 Å². The molecular formula is C13H12O3. The van der Waals surface area contributed by atoms with Crippen LogP contribution < -0.4 is 4.74 Å². The molecule has 0 radical (unpaired) electrons. The van der Waals surface area contributed by atoms with Gasteiger partial charge in [0.1, 0.15) is 12.4 Å². The maximum absolute atomic E-state index is 11.2. The van der Waals surface area contributed by atoms with Gasteiger partial charge in [-0.3, -0.25) is 0 Å². The van der Waals surface area contributed by atoms with Crippen molar-refractivity contribution >= 4 is 16.7 Å². The van der Waals surface area contributed by atoms with E-state index in [1.807, 2.05) is 36.4 Å². The summed E-state index contributed by atoms with van der Waals surface area (Å²) in [4.78, 5) is 11.2.